The van der Waals surface area contributed by atoms with Crippen LogP contribution in [0.3, 0.4) is 0 Å². The Morgan fingerprint density at radius 3 is 2.40 bits per heavy atom. The van der Waals surface area contributed by atoms with Gasteiger partial charge in [-0.3, -0.25) is 0 Å². The summed E-state index contributed by atoms with van der Waals surface area (Å²) in [6.07, 6.45) is 0.887. The van der Waals surface area contributed by atoms with Crippen molar-refractivity contribution in [1.29, 1.82) is 0 Å². The van der Waals surface area contributed by atoms with Crippen LogP contribution in [-0.4, -0.2) is 28.6 Å². The van der Waals surface area contributed by atoms with Crippen molar-refractivity contribution in [2.24, 2.45) is 0 Å². The predicted molar refractivity (Wildman–Crippen MR) is 70.5 cm³/mol. The molecule has 0 atom stereocenters. The van der Waals surface area contributed by atoms with Gasteiger partial charge < -0.3 is 10.1 Å². The molecule has 1 N–H and O–H groups in total. The van der Waals surface area contributed by atoms with Crippen molar-refractivity contribution in [2.45, 2.75) is 13.3 Å². The van der Waals surface area contributed by atoms with E-state index >= 15 is 0 Å². The Kier molecular flexibility index (Phi) is 4.39. The molecule has 1 aromatic carbocycles. The zero-order valence-electron chi connectivity index (χ0n) is 11.2. The van der Waals surface area contributed by atoms with Crippen molar-refractivity contribution >= 4 is 5.95 Å². The van der Waals surface area contributed by atoms with Gasteiger partial charge in [-0.1, -0.05) is 6.92 Å². The van der Waals surface area contributed by atoms with Crippen LogP contribution in [0.1, 0.15) is 13.3 Å². The first-order chi connectivity index (χ1) is 9.62. The molecule has 1 aromatic heterocycles. The van der Waals surface area contributed by atoms with Crippen LogP contribution in [-0.2, 0) is 0 Å². The quantitative estimate of drug-likeness (QED) is 0.912. The normalized spacial score (nSPS) is 10.4. The van der Waals surface area contributed by atoms with Gasteiger partial charge in [-0.15, -0.1) is 0 Å². The minimum absolute atomic E-state index is 0.0817. The molecule has 0 amide bonds. The summed E-state index contributed by atoms with van der Waals surface area (Å²) in [6, 6.07) is 3.18. The number of halogens is 2. The number of aromatic nitrogens is 3. The Morgan fingerprint density at radius 1 is 1.10 bits per heavy atom. The van der Waals surface area contributed by atoms with Gasteiger partial charge in [0.1, 0.15) is 11.6 Å². The van der Waals surface area contributed by atoms with E-state index in [1.54, 1.807) is 0 Å². The summed E-state index contributed by atoms with van der Waals surface area (Å²) >= 11 is 0. The molecular weight excluding hydrogens is 266 g/mol. The van der Waals surface area contributed by atoms with Crippen LogP contribution in [0.4, 0.5) is 14.7 Å². The average Bonchev–Trinajstić information content (AvgIpc) is 2.43. The van der Waals surface area contributed by atoms with Gasteiger partial charge in [-0.2, -0.15) is 15.0 Å². The molecule has 0 aliphatic rings. The predicted octanol–water partition coefficient (Wildman–Crippen LogP) is 2.65. The lowest BCUT2D eigenvalue weighted by Gasteiger charge is -2.07. The lowest BCUT2D eigenvalue weighted by Crippen LogP contribution is -2.07. The van der Waals surface area contributed by atoms with Gasteiger partial charge >= 0.3 is 6.01 Å². The Bertz CT molecular complexity index is 587. The average molecular weight is 280 g/mol. The van der Waals surface area contributed by atoms with Crippen molar-refractivity contribution < 1.29 is 13.5 Å². The molecule has 2 rings (SSSR count). The fraction of sp³-hybridized carbons (Fsp3) is 0.308. The summed E-state index contributed by atoms with van der Waals surface area (Å²) in [4.78, 5) is 12.1. The maximum atomic E-state index is 13.2. The van der Waals surface area contributed by atoms with Crippen LogP contribution in [0, 0.1) is 11.6 Å². The maximum absolute atomic E-state index is 13.2. The highest BCUT2D eigenvalue weighted by Crippen LogP contribution is 2.21. The molecule has 0 aliphatic heterocycles. The van der Waals surface area contributed by atoms with Gasteiger partial charge in [-0.25, -0.2) is 8.78 Å². The van der Waals surface area contributed by atoms with Gasteiger partial charge in [0.25, 0.3) is 0 Å². The van der Waals surface area contributed by atoms with E-state index in [-0.39, 0.29) is 17.4 Å². The number of hydrogen-bond acceptors (Lipinski definition) is 5. The molecule has 7 heteroatoms. The Labute approximate surface area is 115 Å². The van der Waals surface area contributed by atoms with E-state index in [0.717, 1.165) is 24.6 Å². The molecule has 0 saturated carbocycles. The second kappa shape index (κ2) is 6.23. The second-order valence-corrected chi connectivity index (χ2v) is 4.05. The molecule has 0 aliphatic carbocycles. The van der Waals surface area contributed by atoms with Crippen molar-refractivity contribution in [3.05, 3.63) is 29.8 Å². The SMILES string of the molecule is CCCNc1nc(OC)nc(-c2cc(F)cc(F)c2)n1. The van der Waals surface area contributed by atoms with Crippen molar-refractivity contribution in [3.63, 3.8) is 0 Å². The van der Waals surface area contributed by atoms with Crippen molar-refractivity contribution in [1.82, 2.24) is 15.0 Å². The first-order valence-corrected chi connectivity index (χ1v) is 6.12. The highest BCUT2D eigenvalue weighted by atomic mass is 19.1. The summed E-state index contributed by atoms with van der Waals surface area (Å²) in [7, 11) is 1.41. The topological polar surface area (TPSA) is 59.9 Å². The van der Waals surface area contributed by atoms with Crippen LogP contribution < -0.4 is 10.1 Å². The third-order valence-corrected chi connectivity index (χ3v) is 2.45. The maximum Gasteiger partial charge on any atom is 0.321 e. The molecule has 2 aromatic rings. The number of anilines is 1. The van der Waals surface area contributed by atoms with Crippen LogP contribution in [0.25, 0.3) is 11.4 Å². The third kappa shape index (κ3) is 3.37. The van der Waals surface area contributed by atoms with E-state index in [1.807, 2.05) is 6.92 Å². The fourth-order valence-electron chi connectivity index (χ4n) is 1.58. The van der Waals surface area contributed by atoms with Crippen molar-refractivity contribution in [2.75, 3.05) is 19.0 Å². The molecule has 0 spiro atoms. The van der Waals surface area contributed by atoms with Crippen LogP contribution in [0.5, 0.6) is 6.01 Å². The molecular formula is C13H14F2N4O. The van der Waals surface area contributed by atoms with Gasteiger partial charge in [0.2, 0.25) is 5.95 Å². The molecule has 0 fully saturated rings. The standard InChI is InChI=1S/C13H14F2N4O/c1-3-4-16-12-17-11(18-13(19-12)20-2)8-5-9(14)7-10(15)6-8/h5-7H,3-4H2,1-2H3,(H,16,17,18,19). The summed E-state index contributed by atoms with van der Waals surface area (Å²) in [5.74, 6) is -0.933. The first-order valence-electron chi connectivity index (χ1n) is 6.12. The highest BCUT2D eigenvalue weighted by Gasteiger charge is 2.11. The van der Waals surface area contributed by atoms with Gasteiger partial charge in [-0.05, 0) is 18.6 Å². The Balaban J connectivity index is 2.43. The van der Waals surface area contributed by atoms with E-state index in [0.29, 0.717) is 12.5 Å². The van der Waals surface area contributed by atoms with E-state index in [9.17, 15) is 8.78 Å². The van der Waals surface area contributed by atoms with Crippen LogP contribution in [0.15, 0.2) is 18.2 Å². The van der Waals surface area contributed by atoms with E-state index < -0.39 is 11.6 Å². The largest absolute Gasteiger partial charge is 0.467 e. The molecule has 0 bridgehead atoms. The zero-order valence-corrected chi connectivity index (χ0v) is 11.2. The molecule has 5 nitrogen and oxygen atoms in total. The number of nitrogens with zero attached hydrogens (tertiary/aromatic N) is 3. The smallest absolute Gasteiger partial charge is 0.321 e. The highest BCUT2D eigenvalue weighted by molar-refractivity contribution is 5.56. The summed E-state index contributed by atoms with van der Waals surface area (Å²) < 4.78 is 31.5. The summed E-state index contributed by atoms with van der Waals surface area (Å²) in [5, 5.41) is 2.98. The lowest BCUT2D eigenvalue weighted by molar-refractivity contribution is 0.379. The van der Waals surface area contributed by atoms with E-state index in [1.165, 1.54) is 7.11 Å². The van der Waals surface area contributed by atoms with Crippen LogP contribution in [0.2, 0.25) is 0 Å². The molecule has 20 heavy (non-hydrogen) atoms. The molecule has 0 unspecified atom stereocenters. The molecule has 106 valence electrons. The van der Waals surface area contributed by atoms with E-state index in [2.05, 4.69) is 20.3 Å². The molecule has 0 saturated heterocycles. The summed E-state index contributed by atoms with van der Waals surface area (Å²) in [5.41, 5.74) is 0.225. The minimum Gasteiger partial charge on any atom is -0.467 e. The number of ether oxygens (including phenoxy) is 1. The van der Waals surface area contributed by atoms with Crippen molar-refractivity contribution in [3.8, 4) is 17.4 Å². The number of rotatable bonds is 5. The Hall–Kier alpha value is -2.31. The first kappa shape index (κ1) is 14.1. The number of benzene rings is 1. The zero-order chi connectivity index (χ0) is 14.5. The number of methoxy groups -OCH3 is 1. The third-order valence-electron chi connectivity index (χ3n) is 2.45. The number of nitrogens with one attached hydrogen (secondary N) is 1. The van der Waals surface area contributed by atoms with Gasteiger partial charge in [0.05, 0.1) is 7.11 Å². The van der Waals surface area contributed by atoms with E-state index in [4.69, 9.17) is 4.74 Å². The Morgan fingerprint density at radius 2 is 1.80 bits per heavy atom. The van der Waals surface area contributed by atoms with Gasteiger partial charge in [0, 0.05) is 18.2 Å². The lowest BCUT2D eigenvalue weighted by atomic mass is 10.2. The minimum atomic E-state index is -0.692. The van der Waals surface area contributed by atoms with Crippen LogP contribution >= 0.6 is 0 Å². The second-order valence-electron chi connectivity index (χ2n) is 4.05. The summed E-state index contributed by atoms with van der Waals surface area (Å²) in [6.45, 7) is 2.67. The molecule has 1 heterocycles. The van der Waals surface area contributed by atoms with Gasteiger partial charge in [0.15, 0.2) is 5.82 Å². The monoisotopic (exact) mass is 280 g/mol. The number of hydrogen-bond donors (Lipinski definition) is 1. The molecule has 0 radical (unpaired) electrons. The fourth-order valence-corrected chi connectivity index (χ4v) is 1.58.